The zero-order valence-corrected chi connectivity index (χ0v) is 26.8. The van der Waals surface area contributed by atoms with Gasteiger partial charge in [-0.2, -0.15) is 45.4 Å². The number of hydrogen-bond donors (Lipinski definition) is 1. The summed E-state index contributed by atoms with van der Waals surface area (Å²) in [5.41, 5.74) is 1.83. The highest BCUT2D eigenvalue weighted by Crippen LogP contribution is 2.25. The highest BCUT2D eigenvalue weighted by Gasteiger charge is 2.32. The summed E-state index contributed by atoms with van der Waals surface area (Å²) in [6, 6.07) is 2.32. The van der Waals surface area contributed by atoms with E-state index >= 15 is 0 Å². The van der Waals surface area contributed by atoms with Crippen molar-refractivity contribution in [2.24, 2.45) is 0 Å². The fourth-order valence-electron chi connectivity index (χ4n) is 4.50. The Balaban J connectivity index is 0.000000193. The average Bonchev–Trinajstić information content (AvgIpc) is 3.76. The number of halogens is 4. The molecule has 0 unspecified atom stereocenters. The lowest BCUT2D eigenvalue weighted by atomic mass is 10.2. The Morgan fingerprint density at radius 3 is 1.79 bits per heavy atom. The van der Waals surface area contributed by atoms with Crippen LogP contribution in [0.25, 0.3) is 0 Å². The van der Waals surface area contributed by atoms with Crippen molar-refractivity contribution >= 4 is 26.1 Å². The number of rotatable bonds is 8. The van der Waals surface area contributed by atoms with Gasteiger partial charge >= 0.3 is 26.1 Å². The topological polar surface area (TPSA) is 181 Å². The van der Waals surface area contributed by atoms with Gasteiger partial charge in [-0.25, -0.2) is 22.4 Å². The molecule has 2 aliphatic rings. The van der Waals surface area contributed by atoms with Crippen molar-refractivity contribution in [2.75, 3.05) is 0 Å². The first-order chi connectivity index (χ1) is 21.9. The number of alkyl halides is 4. The predicted octanol–water partition coefficient (Wildman–Crippen LogP) is 2.02. The van der Waals surface area contributed by atoms with Crippen LogP contribution in [0.5, 0.6) is 0 Å². The Morgan fingerprint density at radius 1 is 0.809 bits per heavy atom. The summed E-state index contributed by atoms with van der Waals surface area (Å²) in [6.45, 7) is 5.26. The van der Waals surface area contributed by atoms with Gasteiger partial charge in [0.15, 0.2) is 10.1 Å². The maximum Gasteiger partial charge on any atom is 0.410 e. The number of aromatic nitrogens is 8. The standard InChI is InChI=1S/C15H19F2N5O4S.C10H11F2N5O2S/c1-15(2,3)26-14(23)20-6-10-7-22(18-11(10)8-20)27(24,25)13-4-5-21(19-13)9-12(16)17;11-9(12)6-16-2-1-10(15-16)20(18,19)17-5-7-3-13-4-8(7)14-17/h4-5,7,12H,6,8-9H2,1-3H3;1-2,5,9,13H,3-4,6H2. The summed E-state index contributed by atoms with van der Waals surface area (Å²) < 4.78 is 108. The van der Waals surface area contributed by atoms with Crippen LogP contribution < -0.4 is 5.32 Å². The molecule has 2 aliphatic heterocycles. The molecule has 6 heterocycles. The molecule has 1 N–H and O–H groups in total. The predicted molar refractivity (Wildman–Crippen MR) is 152 cm³/mol. The van der Waals surface area contributed by atoms with E-state index in [0.29, 0.717) is 30.0 Å². The molecule has 16 nitrogen and oxygen atoms in total. The van der Waals surface area contributed by atoms with Crippen molar-refractivity contribution in [3.8, 4) is 0 Å². The smallest absolute Gasteiger partial charge is 0.410 e. The Morgan fingerprint density at radius 2 is 1.32 bits per heavy atom. The number of hydrogen-bond acceptors (Lipinski definition) is 11. The van der Waals surface area contributed by atoms with Gasteiger partial charge in [0.2, 0.25) is 0 Å². The van der Waals surface area contributed by atoms with Gasteiger partial charge in [-0.15, -0.1) is 0 Å². The molecule has 256 valence electrons. The molecule has 0 atom stereocenters. The third-order valence-electron chi connectivity index (χ3n) is 6.58. The first-order valence-electron chi connectivity index (χ1n) is 13.9. The molecule has 0 aromatic carbocycles. The monoisotopic (exact) mass is 706 g/mol. The van der Waals surface area contributed by atoms with Gasteiger partial charge in [0.1, 0.15) is 18.7 Å². The van der Waals surface area contributed by atoms with Crippen molar-refractivity contribution in [3.05, 3.63) is 59.4 Å². The Kier molecular flexibility index (Phi) is 9.21. The molecule has 0 radical (unpaired) electrons. The van der Waals surface area contributed by atoms with E-state index in [1.165, 1.54) is 35.8 Å². The molecule has 47 heavy (non-hydrogen) atoms. The van der Waals surface area contributed by atoms with Crippen molar-refractivity contribution < 1.29 is 43.9 Å². The van der Waals surface area contributed by atoms with Crippen molar-refractivity contribution in [2.45, 2.75) is 88.5 Å². The summed E-state index contributed by atoms with van der Waals surface area (Å²) in [4.78, 5) is 13.5. The van der Waals surface area contributed by atoms with Crippen LogP contribution >= 0.6 is 0 Å². The van der Waals surface area contributed by atoms with Crippen molar-refractivity contribution in [1.29, 1.82) is 0 Å². The first-order valence-corrected chi connectivity index (χ1v) is 16.8. The minimum atomic E-state index is -4.10. The SMILES string of the molecule is CC(C)(C)OC(=O)N1Cc2cn(S(=O)(=O)c3ccn(CC(F)F)n3)nc2C1.O=S(=O)(c1ccn(CC(F)F)n1)n1cc2c(n1)CNC2. The molecule has 1 amide bonds. The molecule has 4 aromatic rings. The summed E-state index contributed by atoms with van der Waals surface area (Å²) in [5.74, 6) is 0. The summed E-state index contributed by atoms with van der Waals surface area (Å²) in [7, 11) is -8.04. The minimum absolute atomic E-state index is 0.118. The molecule has 4 aromatic heterocycles. The lowest BCUT2D eigenvalue weighted by Crippen LogP contribution is -2.33. The molecule has 0 aliphatic carbocycles. The highest BCUT2D eigenvalue weighted by molar-refractivity contribution is 7.90. The van der Waals surface area contributed by atoms with E-state index < -0.39 is 57.7 Å². The van der Waals surface area contributed by atoms with Gasteiger partial charge in [-0.05, 0) is 32.9 Å². The number of carbonyl (C=O) groups excluding carboxylic acids is 1. The molecule has 22 heteroatoms. The quantitative estimate of drug-likeness (QED) is 0.265. The summed E-state index contributed by atoms with van der Waals surface area (Å²) in [5, 5.41) is 17.7. The number of nitrogens with one attached hydrogen (secondary N) is 1. The average molecular weight is 707 g/mol. The van der Waals surface area contributed by atoms with E-state index in [4.69, 9.17) is 4.74 Å². The summed E-state index contributed by atoms with van der Waals surface area (Å²) in [6.07, 6.45) is -0.672. The van der Waals surface area contributed by atoms with E-state index in [0.717, 1.165) is 29.2 Å². The third-order valence-corrected chi connectivity index (χ3v) is 9.43. The number of amides is 1. The lowest BCUT2D eigenvalue weighted by Gasteiger charge is -2.24. The van der Waals surface area contributed by atoms with Crippen LogP contribution in [0.4, 0.5) is 22.4 Å². The number of nitrogens with zero attached hydrogens (tertiary/aromatic N) is 9. The van der Waals surface area contributed by atoms with Crippen LogP contribution in [0.15, 0.2) is 47.0 Å². The van der Waals surface area contributed by atoms with E-state index in [2.05, 4.69) is 25.7 Å². The zero-order chi connectivity index (χ0) is 34.3. The van der Waals surface area contributed by atoms with Crippen molar-refractivity contribution in [3.63, 3.8) is 0 Å². The zero-order valence-electron chi connectivity index (χ0n) is 25.2. The van der Waals surface area contributed by atoms with Crippen LogP contribution in [0.2, 0.25) is 0 Å². The van der Waals surface area contributed by atoms with Gasteiger partial charge in [-0.3, -0.25) is 14.3 Å². The number of fused-ring (bicyclic) bond motifs is 2. The fourth-order valence-corrected chi connectivity index (χ4v) is 6.71. The molecule has 6 rings (SSSR count). The maximum atomic E-state index is 12.6. The largest absolute Gasteiger partial charge is 0.444 e. The minimum Gasteiger partial charge on any atom is -0.444 e. The molecule has 0 fully saturated rings. The van der Waals surface area contributed by atoms with Crippen LogP contribution in [-0.2, 0) is 64.1 Å². The van der Waals surface area contributed by atoms with Gasteiger partial charge in [0.05, 0.1) is 24.5 Å². The van der Waals surface area contributed by atoms with E-state index in [9.17, 15) is 39.2 Å². The van der Waals surface area contributed by atoms with E-state index in [1.807, 2.05) is 0 Å². The van der Waals surface area contributed by atoms with Gasteiger partial charge in [0, 0.05) is 49.0 Å². The van der Waals surface area contributed by atoms with Gasteiger partial charge in [0.25, 0.3) is 12.9 Å². The van der Waals surface area contributed by atoms with E-state index in [1.54, 1.807) is 20.8 Å². The molecule has 0 saturated heterocycles. The van der Waals surface area contributed by atoms with Crippen LogP contribution in [-0.4, -0.2) is 84.2 Å². The highest BCUT2D eigenvalue weighted by atomic mass is 32.2. The second-order valence-electron chi connectivity index (χ2n) is 11.4. The second kappa shape index (κ2) is 12.7. The fraction of sp³-hybridized carbons (Fsp3) is 0.480. The Labute approximate surface area is 266 Å². The van der Waals surface area contributed by atoms with Crippen LogP contribution in [0, 0.1) is 0 Å². The maximum absolute atomic E-state index is 12.6. The van der Waals surface area contributed by atoms with Gasteiger partial charge in [-0.1, -0.05) is 0 Å². The molecular formula is C25H30F4N10O6S2. The Hall–Kier alpha value is -4.31. The second-order valence-corrected chi connectivity index (χ2v) is 14.9. The molecule has 0 saturated carbocycles. The molecular weight excluding hydrogens is 676 g/mol. The van der Waals surface area contributed by atoms with Crippen LogP contribution in [0.1, 0.15) is 43.3 Å². The third kappa shape index (κ3) is 7.64. The Bertz CT molecular complexity index is 1930. The van der Waals surface area contributed by atoms with E-state index in [-0.39, 0.29) is 23.1 Å². The first kappa shape index (κ1) is 34.0. The van der Waals surface area contributed by atoms with Crippen molar-refractivity contribution in [1.82, 2.24) is 48.1 Å². The van der Waals surface area contributed by atoms with Crippen LogP contribution in [0.3, 0.4) is 0 Å². The lowest BCUT2D eigenvalue weighted by molar-refractivity contribution is 0.0239. The van der Waals surface area contributed by atoms with Gasteiger partial charge < -0.3 is 10.1 Å². The normalized spacial score (nSPS) is 14.8. The summed E-state index contributed by atoms with van der Waals surface area (Å²) >= 11 is 0. The number of ether oxygens (including phenoxy) is 1. The number of carbonyl (C=O) groups is 1. The molecule has 0 spiro atoms. The molecule has 0 bridgehead atoms.